The molecule has 0 unspecified atom stereocenters. The Balaban J connectivity index is 1.97. The van der Waals surface area contributed by atoms with Gasteiger partial charge in [-0.15, -0.1) is 0 Å². The third-order valence-corrected chi connectivity index (χ3v) is 3.88. The van der Waals surface area contributed by atoms with Crippen LogP contribution in [0.25, 0.3) is 22.2 Å². The molecule has 1 heterocycles. The van der Waals surface area contributed by atoms with Gasteiger partial charge in [-0.3, -0.25) is 4.79 Å². The molecule has 124 valence electrons. The number of nitrogens with zero attached hydrogens (tertiary/aromatic N) is 2. The highest BCUT2D eigenvalue weighted by atomic mass is 35.5. The summed E-state index contributed by atoms with van der Waals surface area (Å²) in [6.07, 6.45) is 0. The van der Waals surface area contributed by atoms with Gasteiger partial charge in [0.15, 0.2) is 12.2 Å². The maximum atomic E-state index is 14.0. The lowest BCUT2D eigenvalue weighted by Gasteiger charge is -2.12. The Labute approximate surface area is 142 Å². The van der Waals surface area contributed by atoms with Gasteiger partial charge >= 0.3 is 0 Å². The molecule has 0 aliphatic heterocycles. The zero-order valence-electron chi connectivity index (χ0n) is 13.0. The highest BCUT2D eigenvalue weighted by molar-refractivity contribution is 6.36. The largest absolute Gasteiger partial charge is 0.482 e. The molecular weight excluding hydrogens is 335 g/mol. The molecule has 0 fully saturated rings. The number of carbonyl (C=O) groups is 1. The summed E-state index contributed by atoms with van der Waals surface area (Å²) < 4.78 is 24.6. The maximum absolute atomic E-state index is 14.0. The Morgan fingerprint density at radius 3 is 2.75 bits per heavy atom. The first-order valence-electron chi connectivity index (χ1n) is 7.14. The van der Waals surface area contributed by atoms with Gasteiger partial charge in [-0.05, 0) is 24.3 Å². The van der Waals surface area contributed by atoms with Gasteiger partial charge in [0, 0.05) is 19.7 Å². The molecular formula is C17H14ClFN2O3. The van der Waals surface area contributed by atoms with Crippen molar-refractivity contribution in [2.75, 3.05) is 20.7 Å². The van der Waals surface area contributed by atoms with Gasteiger partial charge in [-0.1, -0.05) is 28.9 Å². The minimum atomic E-state index is -0.402. The van der Waals surface area contributed by atoms with Crippen molar-refractivity contribution in [2.45, 2.75) is 0 Å². The Bertz CT molecular complexity index is 908. The van der Waals surface area contributed by atoms with E-state index >= 15 is 0 Å². The lowest BCUT2D eigenvalue weighted by molar-refractivity contribution is -0.130. The van der Waals surface area contributed by atoms with Crippen molar-refractivity contribution in [2.24, 2.45) is 0 Å². The van der Waals surface area contributed by atoms with Crippen LogP contribution >= 0.6 is 11.6 Å². The third kappa shape index (κ3) is 2.92. The van der Waals surface area contributed by atoms with E-state index in [2.05, 4.69) is 5.16 Å². The van der Waals surface area contributed by atoms with Gasteiger partial charge in [0.05, 0.1) is 5.39 Å². The first-order valence-corrected chi connectivity index (χ1v) is 7.52. The lowest BCUT2D eigenvalue weighted by Crippen LogP contribution is -2.27. The average molecular weight is 349 g/mol. The smallest absolute Gasteiger partial charge is 0.259 e. The summed E-state index contributed by atoms with van der Waals surface area (Å²) in [7, 11) is 3.27. The molecule has 0 saturated carbocycles. The Kier molecular flexibility index (Phi) is 4.40. The van der Waals surface area contributed by atoms with Gasteiger partial charge in [-0.2, -0.15) is 0 Å². The first kappa shape index (κ1) is 16.3. The number of hydrogen-bond acceptors (Lipinski definition) is 4. The number of rotatable bonds is 4. The average Bonchev–Trinajstić information content (AvgIpc) is 2.99. The topological polar surface area (TPSA) is 55.6 Å². The molecule has 1 aromatic heterocycles. The zero-order valence-corrected chi connectivity index (χ0v) is 13.8. The number of aromatic nitrogens is 1. The number of carbonyl (C=O) groups excluding carboxylic acids is 1. The minimum Gasteiger partial charge on any atom is -0.482 e. The molecule has 0 saturated heterocycles. The summed E-state index contributed by atoms with van der Waals surface area (Å²) in [5.74, 6) is -0.299. The van der Waals surface area contributed by atoms with Crippen LogP contribution < -0.4 is 4.74 Å². The lowest BCUT2D eigenvalue weighted by atomic mass is 10.1. The number of likely N-dealkylation sites (N-methyl/N-ethyl adjacent to an activating group) is 1. The third-order valence-electron chi connectivity index (χ3n) is 3.52. The van der Waals surface area contributed by atoms with Crippen molar-refractivity contribution in [1.29, 1.82) is 0 Å². The van der Waals surface area contributed by atoms with Crippen LogP contribution in [0, 0.1) is 5.82 Å². The van der Waals surface area contributed by atoms with Gasteiger partial charge in [-0.25, -0.2) is 4.39 Å². The van der Waals surface area contributed by atoms with Crippen molar-refractivity contribution < 1.29 is 18.4 Å². The summed E-state index contributed by atoms with van der Waals surface area (Å²) >= 11 is 6.27. The van der Waals surface area contributed by atoms with Gasteiger partial charge < -0.3 is 14.2 Å². The zero-order chi connectivity index (χ0) is 17.3. The van der Waals surface area contributed by atoms with Crippen molar-refractivity contribution in [3.63, 3.8) is 0 Å². The molecule has 24 heavy (non-hydrogen) atoms. The summed E-state index contributed by atoms with van der Waals surface area (Å²) in [5.41, 5.74) is 0.967. The molecule has 0 aliphatic rings. The van der Waals surface area contributed by atoms with E-state index in [-0.39, 0.29) is 23.1 Å². The van der Waals surface area contributed by atoms with Crippen molar-refractivity contribution in [3.05, 3.63) is 47.2 Å². The Morgan fingerprint density at radius 2 is 2.04 bits per heavy atom. The summed E-state index contributed by atoms with van der Waals surface area (Å²) in [4.78, 5) is 13.0. The number of hydrogen-bond donors (Lipinski definition) is 0. The van der Waals surface area contributed by atoms with E-state index in [1.165, 1.54) is 11.0 Å². The fourth-order valence-corrected chi connectivity index (χ4v) is 2.44. The van der Waals surface area contributed by atoms with E-state index < -0.39 is 5.82 Å². The van der Waals surface area contributed by atoms with Gasteiger partial charge in [0.1, 0.15) is 22.3 Å². The molecule has 5 nitrogen and oxygen atoms in total. The molecule has 7 heteroatoms. The van der Waals surface area contributed by atoms with Crippen LogP contribution in [0.5, 0.6) is 5.75 Å². The van der Waals surface area contributed by atoms with Crippen LogP contribution in [-0.4, -0.2) is 36.7 Å². The maximum Gasteiger partial charge on any atom is 0.259 e. The molecule has 2 aromatic carbocycles. The summed E-state index contributed by atoms with van der Waals surface area (Å²) in [6.45, 7) is -0.146. The van der Waals surface area contributed by atoms with Crippen molar-refractivity contribution >= 4 is 28.5 Å². The van der Waals surface area contributed by atoms with E-state index in [0.717, 1.165) is 0 Å². The summed E-state index contributed by atoms with van der Waals surface area (Å²) in [5, 5.41) is 4.68. The van der Waals surface area contributed by atoms with Crippen LogP contribution in [0.15, 0.2) is 40.9 Å². The van der Waals surface area contributed by atoms with E-state index in [4.69, 9.17) is 20.9 Å². The molecule has 0 N–H and O–H groups in total. The van der Waals surface area contributed by atoms with Crippen LogP contribution in [0.2, 0.25) is 5.02 Å². The Hall–Kier alpha value is -2.60. The SMILES string of the molecule is CN(C)C(=O)COc1ccc2c(-c3ccccc3F)noc2c1Cl. The number of halogens is 2. The molecule has 1 amide bonds. The Morgan fingerprint density at radius 1 is 1.29 bits per heavy atom. The predicted octanol–water partition coefficient (Wildman–Crippen LogP) is 3.75. The molecule has 0 atom stereocenters. The van der Waals surface area contributed by atoms with E-state index in [9.17, 15) is 9.18 Å². The molecule has 3 aromatic rings. The van der Waals surface area contributed by atoms with Crippen LogP contribution in [0.1, 0.15) is 0 Å². The van der Waals surface area contributed by atoms with Crippen LogP contribution in [0.4, 0.5) is 4.39 Å². The van der Waals surface area contributed by atoms with Crippen molar-refractivity contribution in [3.8, 4) is 17.0 Å². The normalized spacial score (nSPS) is 10.8. The van der Waals surface area contributed by atoms with E-state index in [1.807, 2.05) is 0 Å². The second-order valence-corrected chi connectivity index (χ2v) is 5.72. The van der Waals surface area contributed by atoms with Gasteiger partial charge in [0.25, 0.3) is 5.91 Å². The highest BCUT2D eigenvalue weighted by Gasteiger charge is 2.19. The van der Waals surface area contributed by atoms with Crippen molar-refractivity contribution in [1.82, 2.24) is 10.1 Å². The molecule has 0 spiro atoms. The molecule has 0 aliphatic carbocycles. The van der Waals surface area contributed by atoms with E-state index in [0.29, 0.717) is 22.4 Å². The second-order valence-electron chi connectivity index (χ2n) is 5.34. The second kappa shape index (κ2) is 6.49. The predicted molar refractivity (Wildman–Crippen MR) is 88.6 cm³/mol. The molecule has 0 bridgehead atoms. The molecule has 0 radical (unpaired) electrons. The van der Waals surface area contributed by atoms with Crippen LogP contribution in [0.3, 0.4) is 0 Å². The number of fused-ring (bicyclic) bond motifs is 1. The molecule has 3 rings (SSSR count). The fourth-order valence-electron chi connectivity index (χ4n) is 2.18. The number of amides is 1. The monoisotopic (exact) mass is 348 g/mol. The van der Waals surface area contributed by atoms with Gasteiger partial charge in [0.2, 0.25) is 0 Å². The number of benzene rings is 2. The minimum absolute atomic E-state index is 0.146. The van der Waals surface area contributed by atoms with Crippen LogP contribution in [-0.2, 0) is 4.79 Å². The quantitative estimate of drug-likeness (QED) is 0.720. The number of ether oxygens (including phenoxy) is 1. The fraction of sp³-hybridized carbons (Fsp3) is 0.176. The first-order chi connectivity index (χ1) is 11.5. The summed E-state index contributed by atoms with van der Waals surface area (Å²) in [6, 6.07) is 9.55. The highest BCUT2D eigenvalue weighted by Crippen LogP contribution is 2.38. The standard InChI is InChI=1S/C17H14ClFN2O3/c1-21(2)14(22)9-23-13-8-7-11-16(20-24-17(11)15(13)18)10-5-3-4-6-12(10)19/h3-8H,9H2,1-2H3. The van der Waals surface area contributed by atoms with E-state index in [1.54, 1.807) is 44.4 Å².